The number of nitrogens with zero attached hydrogens (tertiary/aromatic N) is 2. The molecule has 24 heavy (non-hydrogen) atoms. The van der Waals surface area contributed by atoms with Gasteiger partial charge in [0.05, 0.1) is 6.61 Å². The van der Waals surface area contributed by atoms with Gasteiger partial charge in [0.15, 0.2) is 0 Å². The largest absolute Gasteiger partial charge is 0.445 e. The Bertz CT molecular complexity index is 491. The first-order chi connectivity index (χ1) is 11.6. The lowest BCUT2D eigenvalue weighted by atomic mass is 10.0. The predicted molar refractivity (Wildman–Crippen MR) is 94.8 cm³/mol. The fourth-order valence-electron chi connectivity index (χ4n) is 3.22. The van der Waals surface area contributed by atoms with E-state index in [1.54, 1.807) is 0 Å². The molecular weight excluding hydrogens is 304 g/mol. The molecular formula is C19H30N2O3. The van der Waals surface area contributed by atoms with Crippen LogP contribution in [0.5, 0.6) is 0 Å². The van der Waals surface area contributed by atoms with Gasteiger partial charge >= 0.3 is 6.09 Å². The van der Waals surface area contributed by atoms with Crippen LogP contribution in [-0.4, -0.2) is 59.3 Å². The molecule has 0 bridgehead atoms. The number of benzene rings is 1. The van der Waals surface area contributed by atoms with Crippen LogP contribution < -0.4 is 0 Å². The summed E-state index contributed by atoms with van der Waals surface area (Å²) in [5.74, 6) is 0. The first-order valence-electron chi connectivity index (χ1n) is 8.94. The number of aliphatic hydroxyl groups is 1. The lowest BCUT2D eigenvalue weighted by Gasteiger charge is -2.39. The van der Waals surface area contributed by atoms with Gasteiger partial charge in [-0.3, -0.25) is 4.90 Å². The third-order valence-corrected chi connectivity index (χ3v) is 4.61. The van der Waals surface area contributed by atoms with Crippen LogP contribution in [0.2, 0.25) is 0 Å². The van der Waals surface area contributed by atoms with Crippen LogP contribution in [0.4, 0.5) is 4.79 Å². The van der Waals surface area contributed by atoms with E-state index in [0.29, 0.717) is 25.7 Å². The Kier molecular flexibility index (Phi) is 7.53. The highest BCUT2D eigenvalue weighted by Crippen LogP contribution is 2.19. The van der Waals surface area contributed by atoms with E-state index in [2.05, 4.69) is 4.90 Å². The topological polar surface area (TPSA) is 53.0 Å². The number of aliphatic hydroxyl groups excluding tert-OH is 1. The number of amides is 1. The van der Waals surface area contributed by atoms with Gasteiger partial charge in [-0.05, 0) is 38.8 Å². The van der Waals surface area contributed by atoms with Crippen LogP contribution in [0.1, 0.15) is 38.7 Å². The van der Waals surface area contributed by atoms with Gasteiger partial charge in [0, 0.05) is 25.2 Å². The van der Waals surface area contributed by atoms with Gasteiger partial charge in [0.25, 0.3) is 0 Å². The summed E-state index contributed by atoms with van der Waals surface area (Å²) in [4.78, 5) is 16.6. The maximum Gasteiger partial charge on any atom is 0.410 e. The average Bonchev–Trinajstić information content (AvgIpc) is 2.59. The van der Waals surface area contributed by atoms with Gasteiger partial charge in [0.2, 0.25) is 0 Å². The Balaban J connectivity index is 1.93. The van der Waals surface area contributed by atoms with Gasteiger partial charge in [-0.1, -0.05) is 36.8 Å². The maximum atomic E-state index is 12.5. The number of hydrogen-bond donors (Lipinski definition) is 1. The molecule has 0 aliphatic carbocycles. The van der Waals surface area contributed by atoms with Gasteiger partial charge in [-0.15, -0.1) is 0 Å². The van der Waals surface area contributed by atoms with Crippen molar-refractivity contribution in [1.29, 1.82) is 0 Å². The number of ether oxygens (including phenoxy) is 1. The van der Waals surface area contributed by atoms with Crippen molar-refractivity contribution in [2.75, 3.05) is 26.2 Å². The summed E-state index contributed by atoms with van der Waals surface area (Å²) in [6.45, 7) is 6.83. The maximum absolute atomic E-state index is 12.5. The van der Waals surface area contributed by atoms with Crippen molar-refractivity contribution in [3.05, 3.63) is 35.9 Å². The molecule has 1 aromatic carbocycles. The molecule has 0 radical (unpaired) electrons. The molecule has 1 aromatic rings. The third-order valence-electron chi connectivity index (χ3n) is 4.61. The van der Waals surface area contributed by atoms with Crippen molar-refractivity contribution in [3.8, 4) is 0 Å². The van der Waals surface area contributed by atoms with Crippen LogP contribution in [0.15, 0.2) is 30.3 Å². The summed E-state index contributed by atoms with van der Waals surface area (Å²) in [7, 11) is 0. The molecule has 2 rings (SSSR count). The predicted octanol–water partition coefficient (Wildman–Crippen LogP) is 2.88. The number of hydrogen-bond acceptors (Lipinski definition) is 4. The van der Waals surface area contributed by atoms with Gasteiger partial charge in [-0.25, -0.2) is 4.79 Å². The Hall–Kier alpha value is -1.59. The minimum absolute atomic E-state index is 0.0891. The van der Waals surface area contributed by atoms with E-state index in [1.165, 1.54) is 6.42 Å². The molecule has 1 aliphatic heterocycles. The van der Waals surface area contributed by atoms with E-state index in [1.807, 2.05) is 49.1 Å². The molecule has 0 unspecified atom stereocenters. The number of likely N-dealkylation sites (tertiary alicyclic amines) is 1. The lowest BCUT2D eigenvalue weighted by molar-refractivity contribution is 0.0526. The summed E-state index contributed by atoms with van der Waals surface area (Å²) in [6.07, 6.45) is 3.15. The number of β-amino-alcohol motifs (C(OH)–C–C–N with tert-alkyl or cyclic N) is 1. The van der Waals surface area contributed by atoms with Crippen LogP contribution in [0, 0.1) is 0 Å². The second-order valence-electron chi connectivity index (χ2n) is 6.70. The molecule has 5 heteroatoms. The smallest absolute Gasteiger partial charge is 0.410 e. The summed E-state index contributed by atoms with van der Waals surface area (Å²) < 4.78 is 5.51. The molecule has 134 valence electrons. The molecule has 5 nitrogen and oxygen atoms in total. The van der Waals surface area contributed by atoms with Crippen molar-refractivity contribution >= 4 is 6.09 Å². The molecule has 0 aromatic heterocycles. The highest BCUT2D eigenvalue weighted by Gasteiger charge is 2.28. The van der Waals surface area contributed by atoms with E-state index < -0.39 is 0 Å². The third kappa shape index (κ3) is 5.49. The lowest BCUT2D eigenvalue weighted by Crippen LogP contribution is -2.51. The second kappa shape index (κ2) is 9.64. The summed E-state index contributed by atoms with van der Waals surface area (Å²) in [5.41, 5.74) is 0.995. The molecule has 1 aliphatic rings. The highest BCUT2D eigenvalue weighted by molar-refractivity contribution is 5.68. The zero-order valence-electron chi connectivity index (χ0n) is 14.9. The van der Waals surface area contributed by atoms with E-state index in [4.69, 9.17) is 4.74 Å². The first-order valence-corrected chi connectivity index (χ1v) is 8.94. The fraction of sp³-hybridized carbons (Fsp3) is 0.632. The number of carbonyl (C=O) groups is 1. The van der Waals surface area contributed by atoms with Gasteiger partial charge in [0.1, 0.15) is 6.61 Å². The van der Waals surface area contributed by atoms with Crippen molar-refractivity contribution < 1.29 is 14.6 Å². The number of rotatable bonds is 7. The van der Waals surface area contributed by atoms with E-state index in [9.17, 15) is 9.90 Å². The number of carbonyl (C=O) groups excluding carboxylic acids is 1. The Labute approximate surface area is 145 Å². The van der Waals surface area contributed by atoms with Crippen LogP contribution in [-0.2, 0) is 11.3 Å². The van der Waals surface area contributed by atoms with E-state index >= 15 is 0 Å². The highest BCUT2D eigenvalue weighted by atomic mass is 16.6. The van der Waals surface area contributed by atoms with Crippen LogP contribution in [0.25, 0.3) is 0 Å². The van der Waals surface area contributed by atoms with Crippen LogP contribution in [0.3, 0.4) is 0 Å². The van der Waals surface area contributed by atoms with Crippen LogP contribution >= 0.6 is 0 Å². The summed E-state index contributed by atoms with van der Waals surface area (Å²) >= 11 is 0. The number of piperidine rings is 1. The Morgan fingerprint density at radius 3 is 2.75 bits per heavy atom. The van der Waals surface area contributed by atoms with Crippen molar-refractivity contribution in [1.82, 2.24) is 9.80 Å². The van der Waals surface area contributed by atoms with Gasteiger partial charge in [-0.2, -0.15) is 0 Å². The molecule has 1 heterocycles. The van der Waals surface area contributed by atoms with Crippen molar-refractivity contribution in [2.45, 2.75) is 51.8 Å². The average molecular weight is 334 g/mol. The zero-order valence-corrected chi connectivity index (χ0v) is 14.9. The van der Waals surface area contributed by atoms with Gasteiger partial charge < -0.3 is 14.7 Å². The molecule has 1 fully saturated rings. The zero-order chi connectivity index (χ0) is 17.4. The summed E-state index contributed by atoms with van der Waals surface area (Å²) in [5, 5.41) is 9.25. The van der Waals surface area contributed by atoms with Crippen molar-refractivity contribution in [3.63, 3.8) is 0 Å². The summed E-state index contributed by atoms with van der Waals surface area (Å²) in [6, 6.07) is 10.1. The molecule has 1 amide bonds. The molecule has 1 saturated heterocycles. The van der Waals surface area contributed by atoms with E-state index in [-0.39, 0.29) is 18.7 Å². The quantitative estimate of drug-likeness (QED) is 0.833. The molecule has 1 N–H and O–H groups in total. The standard InChI is InChI=1S/C19H30N2O3/c1-16(2)21(14-18-10-6-7-11-20(18)12-13-22)19(23)24-15-17-8-4-3-5-9-17/h3-5,8-9,16,18,22H,6-7,10-15H2,1-2H3/t18-/m0/s1. The monoisotopic (exact) mass is 334 g/mol. The molecule has 1 atom stereocenters. The fourth-order valence-corrected chi connectivity index (χ4v) is 3.22. The first kappa shape index (κ1) is 18.7. The molecule has 0 saturated carbocycles. The van der Waals surface area contributed by atoms with E-state index in [0.717, 1.165) is 24.9 Å². The minimum atomic E-state index is -0.261. The normalized spacial score (nSPS) is 18.6. The SMILES string of the molecule is CC(C)N(C[C@@H]1CCCCN1CCO)C(=O)OCc1ccccc1. The Morgan fingerprint density at radius 1 is 1.33 bits per heavy atom. The second-order valence-corrected chi connectivity index (χ2v) is 6.70. The minimum Gasteiger partial charge on any atom is -0.445 e. The molecule has 0 spiro atoms. The Morgan fingerprint density at radius 2 is 2.08 bits per heavy atom. The van der Waals surface area contributed by atoms with Crippen molar-refractivity contribution in [2.24, 2.45) is 0 Å².